The highest BCUT2D eigenvalue weighted by molar-refractivity contribution is 7.13. The van der Waals surface area contributed by atoms with Crippen LogP contribution in [0.2, 0.25) is 5.02 Å². The maximum atomic E-state index is 11.7. The van der Waals surface area contributed by atoms with E-state index >= 15 is 0 Å². The third-order valence-electron chi connectivity index (χ3n) is 1.86. The van der Waals surface area contributed by atoms with Gasteiger partial charge in [-0.25, -0.2) is 0 Å². The molecule has 0 saturated carbocycles. The molecule has 0 bridgehead atoms. The number of H-pyrrole nitrogens is 1. The van der Waals surface area contributed by atoms with Gasteiger partial charge in [0.05, 0.1) is 16.9 Å². The average molecular weight is 242 g/mol. The molecule has 2 rings (SSSR count). The number of nitrogens with zero attached hydrogens (tertiary/aromatic N) is 1. The molecule has 1 amide bonds. The molecular formula is C9H8ClN3OS. The zero-order valence-electron chi connectivity index (χ0n) is 7.87. The van der Waals surface area contributed by atoms with Gasteiger partial charge in [0.2, 0.25) is 0 Å². The van der Waals surface area contributed by atoms with Crippen molar-refractivity contribution in [3.05, 3.63) is 33.2 Å². The normalized spacial score (nSPS) is 10.3. The molecule has 2 heterocycles. The minimum atomic E-state index is -0.209. The summed E-state index contributed by atoms with van der Waals surface area (Å²) in [6, 6.07) is 0. The van der Waals surface area contributed by atoms with Gasteiger partial charge in [0.15, 0.2) is 0 Å². The van der Waals surface area contributed by atoms with Crippen molar-refractivity contribution >= 4 is 34.5 Å². The lowest BCUT2D eigenvalue weighted by Gasteiger charge is -1.99. The van der Waals surface area contributed by atoms with Crippen molar-refractivity contribution in [1.82, 2.24) is 10.2 Å². The maximum Gasteiger partial charge on any atom is 0.267 e. The van der Waals surface area contributed by atoms with E-state index in [9.17, 15) is 4.79 Å². The Labute approximate surface area is 95.3 Å². The molecule has 0 aliphatic carbocycles. The van der Waals surface area contributed by atoms with Crippen LogP contribution in [0.5, 0.6) is 0 Å². The van der Waals surface area contributed by atoms with Crippen LogP contribution in [0.1, 0.15) is 15.2 Å². The van der Waals surface area contributed by atoms with Crippen molar-refractivity contribution in [2.45, 2.75) is 6.92 Å². The molecule has 0 saturated heterocycles. The number of carbonyl (C=O) groups excluding carboxylic acids is 1. The van der Waals surface area contributed by atoms with E-state index in [2.05, 4.69) is 15.5 Å². The summed E-state index contributed by atoms with van der Waals surface area (Å²) >= 11 is 7.30. The van der Waals surface area contributed by atoms with Gasteiger partial charge in [0.1, 0.15) is 4.88 Å². The van der Waals surface area contributed by atoms with Crippen molar-refractivity contribution < 1.29 is 4.79 Å². The van der Waals surface area contributed by atoms with Gasteiger partial charge in [-0.05, 0) is 17.9 Å². The first-order valence-corrected chi connectivity index (χ1v) is 5.48. The molecule has 0 radical (unpaired) electrons. The Balaban J connectivity index is 2.19. The summed E-state index contributed by atoms with van der Waals surface area (Å²) in [5.41, 5.74) is 1.54. The van der Waals surface area contributed by atoms with Crippen molar-refractivity contribution in [3.63, 3.8) is 0 Å². The second kappa shape index (κ2) is 4.04. The van der Waals surface area contributed by atoms with E-state index in [4.69, 9.17) is 11.6 Å². The van der Waals surface area contributed by atoms with Crippen LogP contribution in [0.4, 0.5) is 5.69 Å². The molecule has 6 heteroatoms. The Bertz CT molecular complexity index is 478. The van der Waals surface area contributed by atoms with Crippen molar-refractivity contribution in [3.8, 4) is 0 Å². The summed E-state index contributed by atoms with van der Waals surface area (Å²) in [5, 5.41) is 11.4. The summed E-state index contributed by atoms with van der Waals surface area (Å²) in [7, 11) is 0. The Morgan fingerprint density at radius 1 is 1.67 bits per heavy atom. The zero-order valence-corrected chi connectivity index (χ0v) is 9.45. The summed E-state index contributed by atoms with van der Waals surface area (Å²) < 4.78 is 0. The van der Waals surface area contributed by atoms with E-state index in [1.54, 1.807) is 6.20 Å². The number of aryl methyl sites for hydroxylation is 1. The third-order valence-corrected chi connectivity index (χ3v) is 3.56. The Morgan fingerprint density at radius 2 is 2.47 bits per heavy atom. The third kappa shape index (κ3) is 2.03. The van der Waals surface area contributed by atoms with E-state index < -0.39 is 0 Å². The zero-order chi connectivity index (χ0) is 10.8. The Hall–Kier alpha value is -1.33. The van der Waals surface area contributed by atoms with Crippen LogP contribution in [-0.4, -0.2) is 16.1 Å². The van der Waals surface area contributed by atoms with E-state index in [-0.39, 0.29) is 5.91 Å². The summed E-state index contributed by atoms with van der Waals surface area (Å²) in [6.07, 6.45) is 3.14. The van der Waals surface area contributed by atoms with Gasteiger partial charge in [-0.2, -0.15) is 5.10 Å². The lowest BCUT2D eigenvalue weighted by atomic mass is 10.3. The van der Waals surface area contributed by atoms with Crippen LogP contribution in [0, 0.1) is 6.92 Å². The predicted octanol–water partition coefficient (Wildman–Crippen LogP) is 2.69. The van der Waals surface area contributed by atoms with Gasteiger partial charge in [0, 0.05) is 6.20 Å². The summed E-state index contributed by atoms with van der Waals surface area (Å²) in [5.74, 6) is -0.209. The number of amides is 1. The highest BCUT2D eigenvalue weighted by Crippen LogP contribution is 2.27. The van der Waals surface area contributed by atoms with Gasteiger partial charge in [-0.15, -0.1) is 11.3 Å². The van der Waals surface area contributed by atoms with Gasteiger partial charge >= 0.3 is 0 Å². The lowest BCUT2D eigenvalue weighted by Crippen LogP contribution is -2.09. The standard InChI is InChI=1S/C9H8ClN3OS/c1-5-4-15-8(7(5)10)9(14)13-6-2-11-12-3-6/h2-4H,1H3,(H,11,12)(H,13,14). The molecule has 0 aromatic carbocycles. The molecule has 2 aromatic heterocycles. The predicted molar refractivity (Wildman–Crippen MR) is 60.6 cm³/mol. The fourth-order valence-electron chi connectivity index (χ4n) is 1.09. The molecule has 0 fully saturated rings. The van der Waals surface area contributed by atoms with E-state index in [0.29, 0.717) is 15.6 Å². The number of carbonyl (C=O) groups is 1. The van der Waals surface area contributed by atoms with Crippen LogP contribution in [0.3, 0.4) is 0 Å². The Kier molecular flexibility index (Phi) is 2.75. The lowest BCUT2D eigenvalue weighted by molar-refractivity contribution is 0.103. The topological polar surface area (TPSA) is 57.8 Å². The average Bonchev–Trinajstić information content (AvgIpc) is 2.79. The van der Waals surface area contributed by atoms with Crippen molar-refractivity contribution in [2.24, 2.45) is 0 Å². The number of hydrogen-bond donors (Lipinski definition) is 2. The van der Waals surface area contributed by atoms with E-state index in [1.807, 2.05) is 12.3 Å². The number of nitrogens with one attached hydrogen (secondary N) is 2. The number of aromatic amines is 1. The van der Waals surface area contributed by atoms with Gasteiger partial charge in [-0.3, -0.25) is 9.89 Å². The molecular weight excluding hydrogens is 234 g/mol. The molecule has 0 spiro atoms. The number of hydrogen-bond acceptors (Lipinski definition) is 3. The van der Waals surface area contributed by atoms with Crippen LogP contribution in [-0.2, 0) is 0 Å². The minimum Gasteiger partial charge on any atom is -0.319 e. The van der Waals surface area contributed by atoms with Crippen molar-refractivity contribution in [2.75, 3.05) is 5.32 Å². The first-order valence-electron chi connectivity index (χ1n) is 4.22. The maximum absolute atomic E-state index is 11.7. The van der Waals surface area contributed by atoms with E-state index in [0.717, 1.165) is 5.56 Å². The summed E-state index contributed by atoms with van der Waals surface area (Å²) in [6.45, 7) is 1.87. The van der Waals surface area contributed by atoms with Gasteiger partial charge in [-0.1, -0.05) is 11.6 Å². The second-order valence-corrected chi connectivity index (χ2v) is 4.26. The second-order valence-electron chi connectivity index (χ2n) is 3.00. The van der Waals surface area contributed by atoms with Gasteiger partial charge < -0.3 is 5.32 Å². The number of thiophene rings is 1. The molecule has 2 aromatic rings. The monoisotopic (exact) mass is 241 g/mol. The fraction of sp³-hybridized carbons (Fsp3) is 0.111. The highest BCUT2D eigenvalue weighted by Gasteiger charge is 2.14. The molecule has 0 aliphatic rings. The largest absolute Gasteiger partial charge is 0.319 e. The fourth-order valence-corrected chi connectivity index (χ4v) is 2.26. The van der Waals surface area contributed by atoms with Crippen LogP contribution < -0.4 is 5.32 Å². The van der Waals surface area contributed by atoms with Crippen LogP contribution in [0.25, 0.3) is 0 Å². The molecule has 0 unspecified atom stereocenters. The molecule has 15 heavy (non-hydrogen) atoms. The molecule has 0 aliphatic heterocycles. The molecule has 0 atom stereocenters. The van der Waals surface area contributed by atoms with Crippen molar-refractivity contribution in [1.29, 1.82) is 0 Å². The summed E-state index contributed by atoms with van der Waals surface area (Å²) in [4.78, 5) is 12.2. The number of halogens is 1. The van der Waals surface area contributed by atoms with Crippen LogP contribution in [0.15, 0.2) is 17.8 Å². The first kappa shape index (κ1) is 10.2. The van der Waals surface area contributed by atoms with Gasteiger partial charge in [0.25, 0.3) is 5.91 Å². The number of anilines is 1. The highest BCUT2D eigenvalue weighted by atomic mass is 35.5. The molecule has 2 N–H and O–H groups in total. The first-order chi connectivity index (χ1) is 7.18. The smallest absolute Gasteiger partial charge is 0.267 e. The van der Waals surface area contributed by atoms with E-state index in [1.165, 1.54) is 17.5 Å². The minimum absolute atomic E-state index is 0.209. The SMILES string of the molecule is Cc1csc(C(=O)Nc2cn[nH]c2)c1Cl. The number of aromatic nitrogens is 2. The number of rotatable bonds is 2. The van der Waals surface area contributed by atoms with Crippen LogP contribution >= 0.6 is 22.9 Å². The Morgan fingerprint density at radius 3 is 3.00 bits per heavy atom. The molecule has 78 valence electrons. The molecule has 4 nitrogen and oxygen atoms in total. The quantitative estimate of drug-likeness (QED) is 0.849.